The average Bonchev–Trinajstić information content (AvgIpc) is 3.34. The van der Waals surface area contributed by atoms with Crippen molar-refractivity contribution < 1.29 is 42.9 Å². The fraction of sp³-hybridized carbons (Fsp3) is 0.629. The van der Waals surface area contributed by atoms with E-state index in [1.54, 1.807) is 6.08 Å². The fourth-order valence-electron chi connectivity index (χ4n) is 7.05. The van der Waals surface area contributed by atoms with Crippen molar-refractivity contribution in [2.45, 2.75) is 206 Å². The van der Waals surface area contributed by atoms with Gasteiger partial charge in [-0.2, -0.15) is 0 Å². The largest absolute Gasteiger partial charge is 0.545 e. The third kappa shape index (κ3) is 53.3. The monoisotopic (exact) mass is 988 g/mol. The Balaban J connectivity index is 4.26. The Morgan fingerprint density at radius 2 is 0.803 bits per heavy atom. The summed E-state index contributed by atoms with van der Waals surface area (Å²) in [6.45, 7) is 4.39. The first-order valence-electron chi connectivity index (χ1n) is 27.7. The number of likely N-dealkylation sites (N-methyl/N-ethyl adjacent to an activating group) is 1. The van der Waals surface area contributed by atoms with E-state index in [-0.39, 0.29) is 32.7 Å². The molecule has 9 nitrogen and oxygen atoms in total. The van der Waals surface area contributed by atoms with Gasteiger partial charge in [0.15, 0.2) is 12.4 Å². The van der Waals surface area contributed by atoms with E-state index in [2.05, 4.69) is 117 Å². The van der Waals surface area contributed by atoms with Crippen molar-refractivity contribution in [2.75, 3.05) is 47.5 Å². The third-order valence-corrected chi connectivity index (χ3v) is 11.2. The molecule has 0 aliphatic heterocycles. The van der Waals surface area contributed by atoms with Crippen LogP contribution in [-0.4, -0.2) is 82.3 Å². The van der Waals surface area contributed by atoms with Crippen LogP contribution in [0.5, 0.6) is 0 Å². The van der Waals surface area contributed by atoms with Crippen LogP contribution in [0.25, 0.3) is 0 Å². The highest BCUT2D eigenvalue weighted by Gasteiger charge is 2.21. The molecule has 0 heterocycles. The number of esters is 2. The number of hydrogen-bond donors (Lipinski definition) is 0. The molecular weight excluding hydrogens is 887 g/mol. The Hall–Kier alpha value is -4.31. The molecular formula is C62H101NO8. The van der Waals surface area contributed by atoms with Crippen LogP contribution in [0.15, 0.2) is 122 Å². The predicted molar refractivity (Wildman–Crippen MR) is 296 cm³/mol. The van der Waals surface area contributed by atoms with Crippen molar-refractivity contribution in [1.82, 2.24) is 0 Å². The molecule has 0 aliphatic carbocycles. The zero-order valence-corrected chi connectivity index (χ0v) is 45.5. The van der Waals surface area contributed by atoms with Gasteiger partial charge in [0, 0.05) is 6.42 Å². The summed E-state index contributed by atoms with van der Waals surface area (Å²) in [6, 6.07) is 0. The Morgan fingerprint density at radius 1 is 0.437 bits per heavy atom. The molecule has 0 aromatic heterocycles. The molecule has 71 heavy (non-hydrogen) atoms. The Kier molecular flexibility index (Phi) is 48.9. The number of carboxylic acid groups (broad SMARTS) is 1. The van der Waals surface area contributed by atoms with Crippen molar-refractivity contribution in [3.63, 3.8) is 0 Å². The van der Waals surface area contributed by atoms with E-state index in [4.69, 9.17) is 18.9 Å². The van der Waals surface area contributed by atoms with Gasteiger partial charge in [0.2, 0.25) is 0 Å². The molecule has 0 aromatic rings. The number of carboxylic acids is 1. The lowest BCUT2D eigenvalue weighted by Gasteiger charge is -2.26. The van der Waals surface area contributed by atoms with Gasteiger partial charge in [-0.25, -0.2) is 0 Å². The minimum Gasteiger partial charge on any atom is -0.545 e. The topological polar surface area (TPSA) is 111 Å². The number of carbonyl (C=O) groups is 3. The normalized spacial score (nSPS) is 13.8. The second-order valence-electron chi connectivity index (χ2n) is 19.1. The molecule has 0 radical (unpaired) electrons. The predicted octanol–water partition coefficient (Wildman–Crippen LogP) is 14.8. The molecule has 9 heteroatoms. The molecule has 0 spiro atoms. The van der Waals surface area contributed by atoms with Gasteiger partial charge in [-0.3, -0.25) is 9.59 Å². The number of ether oxygens (including phenoxy) is 4. The van der Waals surface area contributed by atoms with Crippen molar-refractivity contribution in [3.05, 3.63) is 122 Å². The van der Waals surface area contributed by atoms with Gasteiger partial charge in [-0.1, -0.05) is 219 Å². The Bertz CT molecular complexity index is 1570. The van der Waals surface area contributed by atoms with Crippen LogP contribution in [0.1, 0.15) is 194 Å². The summed E-state index contributed by atoms with van der Waals surface area (Å²) in [5.41, 5.74) is 0. The summed E-state index contributed by atoms with van der Waals surface area (Å²) in [6.07, 6.45) is 70.0. The van der Waals surface area contributed by atoms with Crippen LogP contribution in [-0.2, 0) is 33.3 Å². The zero-order valence-electron chi connectivity index (χ0n) is 45.5. The van der Waals surface area contributed by atoms with Gasteiger partial charge >= 0.3 is 11.9 Å². The smallest absolute Gasteiger partial charge is 0.309 e. The molecule has 0 aromatic carbocycles. The quantitative estimate of drug-likeness (QED) is 0.0195. The third-order valence-electron chi connectivity index (χ3n) is 11.2. The molecule has 0 saturated heterocycles. The fourth-order valence-corrected chi connectivity index (χ4v) is 7.05. The lowest BCUT2D eigenvalue weighted by molar-refractivity contribution is -0.870. The molecule has 2 unspecified atom stereocenters. The van der Waals surface area contributed by atoms with Crippen molar-refractivity contribution in [2.24, 2.45) is 0 Å². The molecule has 0 aliphatic rings. The van der Waals surface area contributed by atoms with Crippen molar-refractivity contribution in [3.8, 4) is 0 Å². The SMILES string of the molecule is CC/C=C\C/C=C\C/C=C\C/C=C\C/C=C\CCCCCCCCCCCCCCCCCC(=O)OC(COC(=O)C/C=C\C/C=C\C/C=C\C/C=C\C/C=C\CC)COC(OCC[N+](C)(C)C)C(=O)[O-]. The van der Waals surface area contributed by atoms with Gasteiger partial charge < -0.3 is 33.3 Å². The molecule has 0 amide bonds. The van der Waals surface area contributed by atoms with Crippen LogP contribution in [0.4, 0.5) is 0 Å². The van der Waals surface area contributed by atoms with Gasteiger partial charge in [0.25, 0.3) is 0 Å². The second kappa shape index (κ2) is 52.0. The first-order chi connectivity index (χ1) is 34.6. The molecule has 402 valence electrons. The van der Waals surface area contributed by atoms with Gasteiger partial charge in [-0.05, 0) is 83.5 Å². The van der Waals surface area contributed by atoms with Gasteiger partial charge in [0.05, 0.1) is 46.7 Å². The van der Waals surface area contributed by atoms with Crippen LogP contribution in [0.3, 0.4) is 0 Å². The summed E-state index contributed by atoms with van der Waals surface area (Å²) in [7, 11) is 5.88. The van der Waals surface area contributed by atoms with Crippen LogP contribution >= 0.6 is 0 Å². The molecule has 0 rings (SSSR count). The number of carbonyl (C=O) groups excluding carboxylic acids is 3. The maximum atomic E-state index is 12.8. The van der Waals surface area contributed by atoms with E-state index in [1.165, 1.54) is 77.0 Å². The van der Waals surface area contributed by atoms with Crippen LogP contribution in [0, 0.1) is 0 Å². The Morgan fingerprint density at radius 3 is 1.20 bits per heavy atom. The highest BCUT2D eigenvalue weighted by atomic mass is 16.7. The van der Waals surface area contributed by atoms with Crippen molar-refractivity contribution in [1.29, 1.82) is 0 Å². The highest BCUT2D eigenvalue weighted by Crippen LogP contribution is 2.15. The van der Waals surface area contributed by atoms with E-state index < -0.39 is 30.3 Å². The minimum absolute atomic E-state index is 0.0548. The van der Waals surface area contributed by atoms with Gasteiger partial charge in [0.1, 0.15) is 13.2 Å². The summed E-state index contributed by atoms with van der Waals surface area (Å²) in [5, 5.41) is 11.7. The summed E-state index contributed by atoms with van der Waals surface area (Å²) in [5.74, 6) is -2.46. The average molecular weight is 988 g/mol. The van der Waals surface area contributed by atoms with E-state index in [0.29, 0.717) is 23.9 Å². The molecule has 0 fully saturated rings. The molecule has 0 saturated carbocycles. The number of unbranched alkanes of at least 4 members (excludes halogenated alkanes) is 15. The minimum atomic E-state index is -1.65. The maximum Gasteiger partial charge on any atom is 0.309 e. The number of hydrogen-bond acceptors (Lipinski definition) is 8. The summed E-state index contributed by atoms with van der Waals surface area (Å²) < 4.78 is 22.5. The molecule has 0 bridgehead atoms. The summed E-state index contributed by atoms with van der Waals surface area (Å²) in [4.78, 5) is 37.1. The van der Waals surface area contributed by atoms with E-state index in [1.807, 2.05) is 33.3 Å². The van der Waals surface area contributed by atoms with Crippen LogP contribution in [0.2, 0.25) is 0 Å². The number of allylic oxidation sites excluding steroid dienone is 19. The van der Waals surface area contributed by atoms with Crippen LogP contribution < -0.4 is 5.11 Å². The first-order valence-corrected chi connectivity index (χ1v) is 27.7. The Labute approximate surface area is 434 Å². The standard InChI is InChI=1S/C62H101NO8/c1-6-8-10-12-14-16-18-20-22-23-24-25-26-27-28-29-30-31-32-33-34-35-36-37-39-41-43-45-47-49-51-53-60(65)71-58(57-70-62(61(66)67)68-55-54-63(3,4)5)56-69-59(64)52-50-48-46-44-42-40-38-21-19-17-15-13-11-9-7-2/h8-11,14-17,20-22,24-25,27-28,38,42,44,48,50,58,62H,6-7,12-13,18-19,23,26,29-37,39-41,43,45-47,49,51-57H2,1-5H3/b10-8-,11-9-,16-14-,17-15-,22-20-,25-24-,28-27-,38-21-,44-42-,50-48-. The first kappa shape index (κ1) is 66.7. The molecule has 0 N–H and O–H groups in total. The lowest BCUT2D eigenvalue weighted by atomic mass is 10.0. The number of rotatable bonds is 49. The number of nitrogens with zero attached hydrogens (tertiary/aromatic N) is 1. The highest BCUT2D eigenvalue weighted by molar-refractivity contribution is 5.71. The van der Waals surface area contributed by atoms with Gasteiger partial charge in [-0.15, -0.1) is 0 Å². The number of quaternary nitrogens is 1. The molecule has 2 atom stereocenters. The van der Waals surface area contributed by atoms with Crippen molar-refractivity contribution >= 4 is 17.9 Å². The van der Waals surface area contributed by atoms with E-state index in [9.17, 15) is 19.5 Å². The van der Waals surface area contributed by atoms with E-state index >= 15 is 0 Å². The zero-order chi connectivity index (χ0) is 52.0. The lowest BCUT2D eigenvalue weighted by Crippen LogP contribution is -2.44. The second-order valence-corrected chi connectivity index (χ2v) is 19.1. The number of aliphatic carboxylic acids is 1. The summed E-state index contributed by atoms with van der Waals surface area (Å²) >= 11 is 0. The maximum absolute atomic E-state index is 12.8. The van der Waals surface area contributed by atoms with E-state index in [0.717, 1.165) is 77.0 Å².